The number of benzene rings is 1. The molecule has 2 aromatic heterocycles. The molecule has 1 amide bonds. The van der Waals surface area contributed by atoms with E-state index in [0.29, 0.717) is 19.7 Å². The zero-order chi connectivity index (χ0) is 17.1. The van der Waals surface area contributed by atoms with Crippen molar-refractivity contribution in [3.63, 3.8) is 0 Å². The molecule has 128 valence electrons. The van der Waals surface area contributed by atoms with E-state index in [2.05, 4.69) is 44.3 Å². The Morgan fingerprint density at radius 1 is 1.33 bits per heavy atom. The van der Waals surface area contributed by atoms with Gasteiger partial charge < -0.3 is 10.1 Å². The fourth-order valence-electron chi connectivity index (χ4n) is 2.75. The molecular formula is C18H23N3O2S. The third kappa shape index (κ3) is 3.24. The zero-order valence-electron chi connectivity index (χ0n) is 14.4. The van der Waals surface area contributed by atoms with Crippen LogP contribution in [0.5, 0.6) is 0 Å². The number of fused-ring (bicyclic) bond motifs is 3. The van der Waals surface area contributed by atoms with E-state index in [4.69, 9.17) is 9.84 Å². The van der Waals surface area contributed by atoms with Gasteiger partial charge in [-0.2, -0.15) is 5.10 Å². The fraction of sp³-hybridized carbons (Fsp3) is 0.444. The van der Waals surface area contributed by atoms with Crippen LogP contribution in [0.25, 0.3) is 20.3 Å². The van der Waals surface area contributed by atoms with Crippen LogP contribution in [0.3, 0.4) is 0 Å². The van der Waals surface area contributed by atoms with Crippen LogP contribution < -0.4 is 5.32 Å². The van der Waals surface area contributed by atoms with Gasteiger partial charge in [-0.25, -0.2) is 4.79 Å². The number of alkyl carbamates (subject to hydrolysis) is 1. The number of aromatic nitrogens is 2. The lowest BCUT2D eigenvalue weighted by molar-refractivity contribution is 0.144. The summed E-state index contributed by atoms with van der Waals surface area (Å²) in [5.41, 5.74) is 3.49. The van der Waals surface area contributed by atoms with Gasteiger partial charge in [-0.3, -0.25) is 4.68 Å². The molecule has 0 aliphatic rings. The largest absolute Gasteiger partial charge is 0.450 e. The molecule has 1 aromatic carbocycles. The van der Waals surface area contributed by atoms with Crippen LogP contribution in [0.4, 0.5) is 4.79 Å². The van der Waals surface area contributed by atoms with Gasteiger partial charge in [0, 0.05) is 16.6 Å². The van der Waals surface area contributed by atoms with Gasteiger partial charge in [0.15, 0.2) is 0 Å². The van der Waals surface area contributed by atoms with Gasteiger partial charge in [-0.05, 0) is 25.8 Å². The Labute approximate surface area is 145 Å². The van der Waals surface area contributed by atoms with Crippen LogP contribution in [0.1, 0.15) is 31.0 Å². The van der Waals surface area contributed by atoms with E-state index in [0.717, 1.165) is 24.1 Å². The molecule has 6 heteroatoms. The van der Waals surface area contributed by atoms with Crippen molar-refractivity contribution in [1.29, 1.82) is 0 Å². The van der Waals surface area contributed by atoms with Crippen molar-refractivity contribution >= 4 is 37.7 Å². The number of thiophene rings is 1. The standard InChI is InChI=1S/C18H23N3O2S/c1-4-5-11-23-18(22)19-9-10-21-13(3)17-15(20-21)14-8-6-7-12(2)16(14)24-17/h6-8H,4-5,9-11H2,1-3H3,(H,19,22). The minimum absolute atomic E-state index is 0.351. The van der Waals surface area contributed by atoms with Gasteiger partial charge in [-0.15, -0.1) is 11.3 Å². The van der Waals surface area contributed by atoms with Crippen molar-refractivity contribution in [3.8, 4) is 0 Å². The summed E-state index contributed by atoms with van der Waals surface area (Å²) in [7, 11) is 0. The molecule has 0 aliphatic heterocycles. The predicted octanol–water partition coefficient (Wildman–Crippen LogP) is 4.39. The highest BCUT2D eigenvalue weighted by Crippen LogP contribution is 2.36. The molecule has 2 heterocycles. The number of nitrogens with one attached hydrogen (secondary N) is 1. The van der Waals surface area contributed by atoms with Crippen LogP contribution >= 0.6 is 11.3 Å². The maximum atomic E-state index is 11.6. The maximum Gasteiger partial charge on any atom is 0.407 e. The summed E-state index contributed by atoms with van der Waals surface area (Å²) in [6.45, 7) is 7.92. The summed E-state index contributed by atoms with van der Waals surface area (Å²) in [4.78, 5) is 11.6. The van der Waals surface area contributed by atoms with E-state index in [1.165, 1.54) is 20.3 Å². The number of hydrogen-bond donors (Lipinski definition) is 1. The van der Waals surface area contributed by atoms with Crippen LogP contribution in [0.15, 0.2) is 18.2 Å². The van der Waals surface area contributed by atoms with E-state index in [-0.39, 0.29) is 6.09 Å². The molecule has 0 fully saturated rings. The Morgan fingerprint density at radius 3 is 2.96 bits per heavy atom. The summed E-state index contributed by atoms with van der Waals surface area (Å²) >= 11 is 1.79. The smallest absolute Gasteiger partial charge is 0.407 e. The number of aryl methyl sites for hydroxylation is 2. The Morgan fingerprint density at radius 2 is 2.17 bits per heavy atom. The monoisotopic (exact) mass is 345 g/mol. The van der Waals surface area contributed by atoms with Gasteiger partial charge in [0.2, 0.25) is 0 Å². The minimum Gasteiger partial charge on any atom is -0.450 e. The highest BCUT2D eigenvalue weighted by atomic mass is 32.1. The normalized spacial score (nSPS) is 11.3. The predicted molar refractivity (Wildman–Crippen MR) is 98.8 cm³/mol. The van der Waals surface area contributed by atoms with Crippen molar-refractivity contribution in [2.24, 2.45) is 0 Å². The van der Waals surface area contributed by atoms with E-state index < -0.39 is 0 Å². The van der Waals surface area contributed by atoms with Gasteiger partial charge in [0.1, 0.15) is 5.52 Å². The third-order valence-corrected chi connectivity index (χ3v) is 5.59. The number of nitrogens with zero attached hydrogens (tertiary/aromatic N) is 2. The first-order valence-corrected chi connectivity index (χ1v) is 9.19. The number of hydrogen-bond acceptors (Lipinski definition) is 4. The number of ether oxygens (including phenoxy) is 1. The molecule has 1 N–H and O–H groups in total. The minimum atomic E-state index is -0.351. The molecule has 0 saturated heterocycles. The molecule has 24 heavy (non-hydrogen) atoms. The van der Waals surface area contributed by atoms with Crippen LogP contribution in [-0.4, -0.2) is 29.0 Å². The number of carbonyl (C=O) groups is 1. The van der Waals surface area contributed by atoms with E-state index in [1.807, 2.05) is 4.68 Å². The summed E-state index contributed by atoms with van der Waals surface area (Å²) in [5, 5.41) is 8.74. The second-order valence-electron chi connectivity index (χ2n) is 5.96. The van der Waals surface area contributed by atoms with Gasteiger partial charge in [-0.1, -0.05) is 31.5 Å². The van der Waals surface area contributed by atoms with Crippen molar-refractivity contribution < 1.29 is 9.53 Å². The van der Waals surface area contributed by atoms with Crippen molar-refractivity contribution in [2.45, 2.75) is 40.2 Å². The number of rotatable bonds is 6. The third-order valence-electron chi connectivity index (χ3n) is 4.15. The topological polar surface area (TPSA) is 56.1 Å². The quantitative estimate of drug-likeness (QED) is 0.674. The first-order chi connectivity index (χ1) is 11.6. The molecule has 0 aliphatic carbocycles. The molecule has 0 radical (unpaired) electrons. The first-order valence-electron chi connectivity index (χ1n) is 8.37. The van der Waals surface area contributed by atoms with Crippen molar-refractivity contribution in [1.82, 2.24) is 15.1 Å². The molecule has 0 spiro atoms. The Bertz CT molecular complexity index is 866. The van der Waals surface area contributed by atoms with E-state index >= 15 is 0 Å². The molecule has 3 rings (SSSR count). The fourth-order valence-corrected chi connectivity index (χ4v) is 3.95. The second-order valence-corrected chi connectivity index (χ2v) is 6.98. The lowest BCUT2D eigenvalue weighted by Crippen LogP contribution is -2.28. The average Bonchev–Trinajstić information content (AvgIpc) is 3.07. The SMILES string of the molecule is CCCCOC(=O)NCCn1nc2c(sc3c(C)cccc32)c1C. The van der Waals surface area contributed by atoms with Crippen molar-refractivity contribution in [3.05, 3.63) is 29.5 Å². The molecule has 0 saturated carbocycles. The molecule has 3 aromatic rings. The van der Waals surface area contributed by atoms with Crippen LogP contribution in [0, 0.1) is 13.8 Å². The van der Waals surface area contributed by atoms with E-state index in [1.54, 1.807) is 11.3 Å². The van der Waals surface area contributed by atoms with E-state index in [9.17, 15) is 4.79 Å². The average molecular weight is 345 g/mol. The second kappa shape index (κ2) is 7.21. The number of unbranched alkanes of at least 4 members (excludes halogenated alkanes) is 1. The molecule has 5 nitrogen and oxygen atoms in total. The lowest BCUT2D eigenvalue weighted by atomic mass is 10.2. The summed E-state index contributed by atoms with van der Waals surface area (Å²) < 4.78 is 9.59. The lowest BCUT2D eigenvalue weighted by Gasteiger charge is -2.07. The molecule has 0 unspecified atom stereocenters. The maximum absolute atomic E-state index is 11.6. The van der Waals surface area contributed by atoms with Crippen LogP contribution in [0.2, 0.25) is 0 Å². The number of amides is 1. The van der Waals surface area contributed by atoms with Gasteiger partial charge in [0.05, 0.1) is 23.5 Å². The van der Waals surface area contributed by atoms with Crippen LogP contribution in [-0.2, 0) is 11.3 Å². The Hall–Kier alpha value is -2.08. The molecule has 0 atom stereocenters. The Balaban J connectivity index is 1.69. The first kappa shape index (κ1) is 16.8. The summed E-state index contributed by atoms with van der Waals surface area (Å²) in [6.07, 6.45) is 1.56. The zero-order valence-corrected chi connectivity index (χ0v) is 15.2. The number of carbonyl (C=O) groups excluding carboxylic acids is 1. The van der Waals surface area contributed by atoms with Gasteiger partial charge >= 0.3 is 6.09 Å². The highest BCUT2D eigenvalue weighted by Gasteiger charge is 2.14. The van der Waals surface area contributed by atoms with Crippen molar-refractivity contribution in [2.75, 3.05) is 13.2 Å². The Kier molecular flexibility index (Phi) is 5.04. The molecule has 0 bridgehead atoms. The van der Waals surface area contributed by atoms with Gasteiger partial charge in [0.25, 0.3) is 0 Å². The molecular weight excluding hydrogens is 322 g/mol. The summed E-state index contributed by atoms with van der Waals surface area (Å²) in [6, 6.07) is 6.34. The summed E-state index contributed by atoms with van der Waals surface area (Å²) in [5.74, 6) is 0. The highest BCUT2D eigenvalue weighted by molar-refractivity contribution is 7.26.